The lowest BCUT2D eigenvalue weighted by atomic mass is 10.1. The number of imidazole rings is 1. The molecule has 1 atom stereocenters. The van der Waals surface area contributed by atoms with Crippen LogP contribution in [0.15, 0.2) is 48.8 Å². The van der Waals surface area contributed by atoms with Crippen molar-refractivity contribution in [2.24, 2.45) is 0 Å². The van der Waals surface area contributed by atoms with Gasteiger partial charge in [0.05, 0.1) is 17.4 Å². The summed E-state index contributed by atoms with van der Waals surface area (Å²) in [7, 11) is 0. The maximum atomic E-state index is 14.1. The van der Waals surface area contributed by atoms with Crippen LogP contribution in [0, 0.1) is 11.6 Å². The molecular weight excluding hydrogens is 368 g/mol. The Labute approximate surface area is 160 Å². The number of para-hydroxylation sites is 2. The van der Waals surface area contributed by atoms with Crippen molar-refractivity contribution in [3.63, 3.8) is 0 Å². The Kier molecular flexibility index (Phi) is 5.11. The lowest BCUT2D eigenvalue weighted by molar-refractivity contribution is -0.131. The maximum Gasteiger partial charge on any atom is 0.242 e. The number of thioether (sulfide) groups is 1. The maximum absolute atomic E-state index is 14.1. The molecule has 2 aromatic carbocycles. The summed E-state index contributed by atoms with van der Waals surface area (Å²) >= 11 is 1.57. The van der Waals surface area contributed by atoms with Crippen molar-refractivity contribution in [3.8, 4) is 0 Å². The first-order valence-electron chi connectivity index (χ1n) is 8.86. The molecule has 2 heterocycles. The quantitative estimate of drug-likeness (QED) is 0.681. The molecule has 1 aromatic heterocycles. The van der Waals surface area contributed by atoms with Crippen LogP contribution in [0.2, 0.25) is 0 Å². The molecule has 4 nitrogen and oxygen atoms in total. The fourth-order valence-electron chi connectivity index (χ4n) is 3.41. The van der Waals surface area contributed by atoms with Gasteiger partial charge in [-0.15, -0.1) is 0 Å². The first kappa shape index (κ1) is 18.0. The second kappa shape index (κ2) is 7.68. The summed E-state index contributed by atoms with van der Waals surface area (Å²) in [6, 6.07) is 11.3. The van der Waals surface area contributed by atoms with Crippen LogP contribution in [0.5, 0.6) is 0 Å². The third-order valence-corrected chi connectivity index (χ3v) is 6.14. The molecule has 140 valence electrons. The number of rotatable bonds is 3. The van der Waals surface area contributed by atoms with Crippen LogP contribution < -0.4 is 0 Å². The molecule has 0 saturated carbocycles. The largest absolute Gasteiger partial charge is 0.340 e. The van der Waals surface area contributed by atoms with Crippen molar-refractivity contribution in [2.45, 2.75) is 18.2 Å². The highest BCUT2D eigenvalue weighted by Gasteiger charge is 2.24. The van der Waals surface area contributed by atoms with Crippen molar-refractivity contribution in [1.29, 1.82) is 0 Å². The summed E-state index contributed by atoms with van der Waals surface area (Å²) < 4.78 is 29.4. The van der Waals surface area contributed by atoms with Crippen LogP contribution in [-0.4, -0.2) is 39.2 Å². The number of fused-ring (bicyclic) bond motifs is 1. The average Bonchev–Trinajstić information content (AvgIpc) is 2.91. The molecule has 1 saturated heterocycles. The minimum Gasteiger partial charge on any atom is -0.340 e. The molecule has 0 radical (unpaired) electrons. The lowest BCUT2D eigenvalue weighted by Crippen LogP contribution is -2.35. The van der Waals surface area contributed by atoms with Crippen molar-refractivity contribution < 1.29 is 13.6 Å². The number of carbonyl (C=O) groups excluding carboxylic acids is 1. The second-order valence-corrected chi connectivity index (χ2v) is 7.87. The average molecular weight is 387 g/mol. The van der Waals surface area contributed by atoms with Gasteiger partial charge in [-0.2, -0.15) is 11.8 Å². The van der Waals surface area contributed by atoms with E-state index < -0.39 is 11.6 Å². The van der Waals surface area contributed by atoms with Crippen molar-refractivity contribution in [1.82, 2.24) is 14.5 Å². The molecular formula is C20H19F2N3OS. The number of hydrogen-bond acceptors (Lipinski definition) is 3. The fourth-order valence-corrected chi connectivity index (χ4v) is 4.65. The Morgan fingerprint density at radius 1 is 1.19 bits per heavy atom. The molecule has 1 aliphatic rings. The highest BCUT2D eigenvalue weighted by atomic mass is 32.2. The molecule has 3 aromatic rings. The number of carbonyl (C=O) groups is 1. The van der Waals surface area contributed by atoms with Gasteiger partial charge in [-0.05, 0) is 36.8 Å². The predicted octanol–water partition coefficient (Wildman–Crippen LogP) is 4.02. The monoisotopic (exact) mass is 387 g/mol. The first-order chi connectivity index (χ1) is 13.1. The van der Waals surface area contributed by atoms with Crippen molar-refractivity contribution >= 4 is 28.7 Å². The summed E-state index contributed by atoms with van der Waals surface area (Å²) in [6.45, 7) is 1.35. The minimum absolute atomic E-state index is 0.0131. The normalized spacial score (nSPS) is 17.9. The van der Waals surface area contributed by atoms with E-state index >= 15 is 0 Å². The van der Waals surface area contributed by atoms with E-state index in [1.165, 1.54) is 12.1 Å². The van der Waals surface area contributed by atoms with E-state index in [-0.39, 0.29) is 17.7 Å². The molecule has 7 heteroatoms. The van der Waals surface area contributed by atoms with Gasteiger partial charge >= 0.3 is 0 Å². The number of hydrogen-bond donors (Lipinski definition) is 0. The van der Waals surface area contributed by atoms with E-state index in [4.69, 9.17) is 0 Å². The molecule has 1 unspecified atom stereocenters. The van der Waals surface area contributed by atoms with Gasteiger partial charge in [-0.3, -0.25) is 4.79 Å². The summed E-state index contributed by atoms with van der Waals surface area (Å²) in [5.74, 6) is -0.120. The van der Waals surface area contributed by atoms with E-state index in [1.54, 1.807) is 23.0 Å². The highest BCUT2D eigenvalue weighted by molar-refractivity contribution is 7.99. The van der Waals surface area contributed by atoms with E-state index in [2.05, 4.69) is 4.98 Å². The lowest BCUT2D eigenvalue weighted by Gasteiger charge is -2.21. The molecule has 1 aliphatic heterocycles. The van der Waals surface area contributed by atoms with Crippen LogP contribution in [0.25, 0.3) is 11.0 Å². The van der Waals surface area contributed by atoms with Crippen LogP contribution in [0.1, 0.15) is 17.2 Å². The Morgan fingerprint density at radius 2 is 2.04 bits per heavy atom. The second-order valence-electron chi connectivity index (χ2n) is 6.56. The fraction of sp³-hybridized carbons (Fsp3) is 0.300. The van der Waals surface area contributed by atoms with E-state index in [9.17, 15) is 13.6 Å². The molecule has 0 bridgehead atoms. The summed E-state index contributed by atoms with van der Waals surface area (Å²) in [5, 5.41) is -0.146. The summed E-state index contributed by atoms with van der Waals surface area (Å²) in [5.41, 5.74) is 2.17. The van der Waals surface area contributed by atoms with E-state index in [0.717, 1.165) is 17.1 Å². The van der Waals surface area contributed by atoms with Gasteiger partial charge in [0, 0.05) is 29.7 Å². The van der Waals surface area contributed by atoms with Crippen LogP contribution >= 0.6 is 11.8 Å². The van der Waals surface area contributed by atoms with E-state index in [1.807, 2.05) is 28.8 Å². The standard InChI is InChI=1S/C20H19F2N3OS/c21-14-5-6-16(22)15(11-14)19-7-8-24(9-10-27-19)20(26)12-25-13-23-17-3-1-2-4-18(17)25/h1-6,11,13,19H,7-10,12H2. The third-order valence-electron chi connectivity index (χ3n) is 4.83. The zero-order valence-electron chi connectivity index (χ0n) is 14.6. The number of halogens is 2. The topological polar surface area (TPSA) is 38.1 Å². The summed E-state index contributed by atoms with van der Waals surface area (Å²) in [6.07, 6.45) is 2.28. The third kappa shape index (κ3) is 3.83. The Hall–Kier alpha value is -2.41. The molecule has 0 aliphatic carbocycles. The van der Waals surface area contributed by atoms with Crippen molar-refractivity contribution in [3.05, 3.63) is 66.0 Å². The molecule has 0 N–H and O–H groups in total. The number of amides is 1. The van der Waals surface area contributed by atoms with E-state index in [0.29, 0.717) is 30.8 Å². The van der Waals surface area contributed by atoms with Gasteiger partial charge in [0.15, 0.2) is 0 Å². The smallest absolute Gasteiger partial charge is 0.242 e. The number of aromatic nitrogens is 2. The molecule has 1 amide bonds. The number of benzene rings is 2. The molecule has 4 rings (SSSR count). The minimum atomic E-state index is -0.434. The van der Waals surface area contributed by atoms with Gasteiger partial charge < -0.3 is 9.47 Å². The van der Waals surface area contributed by atoms with Crippen LogP contribution in [0.4, 0.5) is 8.78 Å². The van der Waals surface area contributed by atoms with Gasteiger partial charge in [-0.25, -0.2) is 13.8 Å². The molecule has 0 spiro atoms. The number of nitrogens with zero attached hydrogens (tertiary/aromatic N) is 3. The molecule has 1 fully saturated rings. The Bertz CT molecular complexity index is 975. The first-order valence-corrected chi connectivity index (χ1v) is 9.91. The van der Waals surface area contributed by atoms with Crippen molar-refractivity contribution in [2.75, 3.05) is 18.8 Å². The molecule has 27 heavy (non-hydrogen) atoms. The van der Waals surface area contributed by atoms with Gasteiger partial charge in [-0.1, -0.05) is 12.1 Å². The van der Waals surface area contributed by atoms with Crippen LogP contribution in [-0.2, 0) is 11.3 Å². The van der Waals surface area contributed by atoms with Crippen LogP contribution in [0.3, 0.4) is 0 Å². The summed E-state index contributed by atoms with van der Waals surface area (Å²) in [4.78, 5) is 18.9. The Balaban J connectivity index is 1.44. The van der Waals surface area contributed by atoms with Gasteiger partial charge in [0.1, 0.15) is 18.2 Å². The zero-order chi connectivity index (χ0) is 18.8. The highest BCUT2D eigenvalue weighted by Crippen LogP contribution is 2.36. The SMILES string of the molecule is O=C(Cn1cnc2ccccc21)N1CCSC(c2cc(F)ccc2F)CC1. The zero-order valence-corrected chi connectivity index (χ0v) is 15.5. The van der Waals surface area contributed by atoms with Gasteiger partial charge in [0.2, 0.25) is 5.91 Å². The Morgan fingerprint density at radius 3 is 2.93 bits per heavy atom. The predicted molar refractivity (Wildman–Crippen MR) is 102 cm³/mol. The van der Waals surface area contributed by atoms with Gasteiger partial charge in [0.25, 0.3) is 0 Å².